The number of aromatic nitrogens is 1. The molecule has 0 unspecified atom stereocenters. The number of rotatable bonds is 4. The van der Waals surface area contributed by atoms with Gasteiger partial charge < -0.3 is 14.6 Å². The summed E-state index contributed by atoms with van der Waals surface area (Å²) in [6.45, 7) is 3.30. The Hall–Kier alpha value is -2.34. The Morgan fingerprint density at radius 2 is 2.04 bits per heavy atom. The van der Waals surface area contributed by atoms with Gasteiger partial charge in [0.15, 0.2) is 0 Å². The monoisotopic (exact) mass is 355 g/mol. The second-order valence-electron chi connectivity index (χ2n) is 7.76. The first-order valence-electron chi connectivity index (χ1n) is 9.25. The van der Waals surface area contributed by atoms with Crippen molar-refractivity contribution in [3.05, 3.63) is 36.0 Å². The van der Waals surface area contributed by atoms with Crippen LogP contribution >= 0.6 is 0 Å². The van der Waals surface area contributed by atoms with Gasteiger partial charge in [-0.1, -0.05) is 18.2 Å². The van der Waals surface area contributed by atoms with Crippen LogP contribution in [0.15, 0.2) is 30.5 Å². The van der Waals surface area contributed by atoms with E-state index in [2.05, 4.69) is 4.90 Å². The molecule has 2 aliphatic heterocycles. The van der Waals surface area contributed by atoms with E-state index in [0.717, 1.165) is 61.9 Å². The molecule has 0 bridgehead atoms. The van der Waals surface area contributed by atoms with Gasteiger partial charge >= 0.3 is 5.97 Å². The van der Waals surface area contributed by atoms with Gasteiger partial charge in [-0.3, -0.25) is 14.5 Å². The van der Waals surface area contributed by atoms with Crippen molar-refractivity contribution < 1.29 is 14.7 Å². The highest BCUT2D eigenvalue weighted by molar-refractivity contribution is 5.85. The molecule has 1 amide bonds. The van der Waals surface area contributed by atoms with E-state index in [0.29, 0.717) is 5.91 Å². The molecule has 1 atom stereocenters. The Balaban J connectivity index is 1.57. The molecule has 26 heavy (non-hydrogen) atoms. The zero-order chi connectivity index (χ0) is 18.3. The Labute approximate surface area is 153 Å². The lowest BCUT2D eigenvalue weighted by Crippen LogP contribution is -2.48. The van der Waals surface area contributed by atoms with Crippen molar-refractivity contribution in [2.24, 2.45) is 5.41 Å². The van der Waals surface area contributed by atoms with Crippen molar-refractivity contribution in [2.45, 2.75) is 32.4 Å². The predicted molar refractivity (Wildman–Crippen MR) is 98.8 cm³/mol. The number of nitrogens with zero attached hydrogens (tertiary/aromatic N) is 3. The molecule has 1 spiro atoms. The molecule has 0 aliphatic carbocycles. The summed E-state index contributed by atoms with van der Waals surface area (Å²) in [6, 6.07) is 7.94. The number of para-hydroxylation sites is 1. The molecule has 1 aromatic carbocycles. The molecule has 2 fully saturated rings. The number of amides is 1. The number of piperidine rings is 1. The number of aliphatic carboxylic acids is 1. The predicted octanol–water partition coefficient (Wildman–Crippen LogP) is 2.17. The molecule has 6 heteroatoms. The second-order valence-corrected chi connectivity index (χ2v) is 7.76. The van der Waals surface area contributed by atoms with Crippen molar-refractivity contribution in [3.63, 3.8) is 0 Å². The summed E-state index contributed by atoms with van der Waals surface area (Å²) in [4.78, 5) is 28.1. The third-order valence-corrected chi connectivity index (χ3v) is 5.95. The lowest BCUT2D eigenvalue weighted by Gasteiger charge is -2.37. The molecule has 6 nitrogen and oxygen atoms in total. The van der Waals surface area contributed by atoms with E-state index < -0.39 is 5.97 Å². The molecule has 0 radical (unpaired) electrons. The Morgan fingerprint density at radius 3 is 2.85 bits per heavy atom. The van der Waals surface area contributed by atoms with Crippen LogP contribution in [0, 0.1) is 5.41 Å². The fourth-order valence-corrected chi connectivity index (χ4v) is 4.71. The summed E-state index contributed by atoms with van der Waals surface area (Å²) in [7, 11) is 1.91. The van der Waals surface area contributed by atoms with E-state index in [-0.39, 0.29) is 12.0 Å². The van der Waals surface area contributed by atoms with Crippen LogP contribution in [0.2, 0.25) is 0 Å². The molecule has 0 saturated carbocycles. The van der Waals surface area contributed by atoms with Crippen LogP contribution in [0.3, 0.4) is 0 Å². The zero-order valence-electron chi connectivity index (χ0n) is 15.1. The molecular weight excluding hydrogens is 330 g/mol. The van der Waals surface area contributed by atoms with E-state index in [9.17, 15) is 9.59 Å². The van der Waals surface area contributed by atoms with Gasteiger partial charge in [0.25, 0.3) is 0 Å². The van der Waals surface area contributed by atoms with Gasteiger partial charge in [-0.15, -0.1) is 0 Å². The van der Waals surface area contributed by atoms with Crippen LogP contribution in [0.4, 0.5) is 0 Å². The molecular formula is C20H25N3O3. The van der Waals surface area contributed by atoms with Crippen LogP contribution in [-0.4, -0.2) is 58.0 Å². The summed E-state index contributed by atoms with van der Waals surface area (Å²) in [6.07, 6.45) is 4.93. The first-order valence-corrected chi connectivity index (χ1v) is 9.25. The summed E-state index contributed by atoms with van der Waals surface area (Å²) in [5, 5.41) is 10.3. The molecule has 1 N–H and O–H groups in total. The quantitative estimate of drug-likeness (QED) is 0.913. The van der Waals surface area contributed by atoms with E-state index in [1.54, 1.807) is 4.57 Å². The van der Waals surface area contributed by atoms with Crippen LogP contribution < -0.4 is 0 Å². The summed E-state index contributed by atoms with van der Waals surface area (Å²) >= 11 is 0. The van der Waals surface area contributed by atoms with Gasteiger partial charge in [-0.05, 0) is 37.4 Å². The zero-order valence-corrected chi connectivity index (χ0v) is 15.1. The van der Waals surface area contributed by atoms with Crippen molar-refractivity contribution in [3.8, 4) is 0 Å². The largest absolute Gasteiger partial charge is 0.480 e. The van der Waals surface area contributed by atoms with Gasteiger partial charge in [0.1, 0.15) is 6.54 Å². The molecule has 2 aliphatic rings. The molecule has 1 aromatic heterocycles. The first kappa shape index (κ1) is 17.1. The highest BCUT2D eigenvalue weighted by atomic mass is 16.4. The fraction of sp³-hybridized carbons (Fsp3) is 0.500. The van der Waals surface area contributed by atoms with Crippen LogP contribution in [0.1, 0.15) is 24.8 Å². The maximum Gasteiger partial charge on any atom is 0.323 e. The normalized spacial score (nSPS) is 24.0. The number of hydrogen-bond donors (Lipinski definition) is 1. The molecule has 138 valence electrons. The van der Waals surface area contributed by atoms with E-state index in [4.69, 9.17) is 5.11 Å². The van der Waals surface area contributed by atoms with Crippen molar-refractivity contribution in [2.75, 3.05) is 26.7 Å². The van der Waals surface area contributed by atoms with Gasteiger partial charge in [0, 0.05) is 43.8 Å². The second kappa shape index (κ2) is 6.43. The number of benzene rings is 1. The maximum atomic E-state index is 12.7. The van der Waals surface area contributed by atoms with Crippen molar-refractivity contribution >= 4 is 22.8 Å². The summed E-state index contributed by atoms with van der Waals surface area (Å²) in [5.41, 5.74) is 1.87. The average molecular weight is 355 g/mol. The van der Waals surface area contributed by atoms with Gasteiger partial charge in [-0.25, -0.2) is 0 Å². The topological polar surface area (TPSA) is 65.8 Å². The minimum absolute atomic E-state index is 0.0340. The summed E-state index contributed by atoms with van der Waals surface area (Å²) < 4.78 is 1.80. The Morgan fingerprint density at radius 1 is 1.23 bits per heavy atom. The Kier molecular flexibility index (Phi) is 4.23. The van der Waals surface area contributed by atoms with Gasteiger partial charge in [0.05, 0.1) is 5.41 Å². The number of fused-ring (bicyclic) bond motifs is 1. The number of carbonyl (C=O) groups is 2. The van der Waals surface area contributed by atoms with E-state index in [1.807, 2.05) is 42.4 Å². The molecule has 2 saturated heterocycles. The third kappa shape index (κ3) is 2.88. The highest BCUT2D eigenvalue weighted by Gasteiger charge is 2.47. The van der Waals surface area contributed by atoms with Gasteiger partial charge in [-0.2, -0.15) is 0 Å². The van der Waals surface area contributed by atoms with Crippen LogP contribution in [-0.2, 0) is 22.7 Å². The average Bonchev–Trinajstić information content (AvgIpc) is 3.16. The standard InChI is InChI=1S/C20H25N3O3/c1-21-9-4-7-20(19(21)26)8-10-22(14-20)11-15-12-23(13-18(24)25)17-6-3-2-5-16(15)17/h2-3,5-6,12H,4,7-11,13-14H2,1H3,(H,24,25)/t20-/m0/s1. The first-order chi connectivity index (χ1) is 12.5. The van der Waals surface area contributed by atoms with Crippen LogP contribution in [0.5, 0.6) is 0 Å². The number of carbonyl (C=O) groups excluding carboxylic acids is 1. The van der Waals surface area contributed by atoms with Gasteiger partial charge in [0.2, 0.25) is 5.91 Å². The number of carboxylic acid groups (broad SMARTS) is 1. The van der Waals surface area contributed by atoms with Crippen molar-refractivity contribution in [1.29, 1.82) is 0 Å². The number of likely N-dealkylation sites (tertiary alicyclic amines) is 2. The van der Waals surface area contributed by atoms with Crippen LogP contribution in [0.25, 0.3) is 10.9 Å². The number of carboxylic acids is 1. The SMILES string of the molecule is CN1CCC[C@@]2(CCN(Cc3cn(CC(=O)O)c4ccccc34)C2)C1=O. The fourth-order valence-electron chi connectivity index (χ4n) is 4.71. The minimum Gasteiger partial charge on any atom is -0.480 e. The third-order valence-electron chi connectivity index (χ3n) is 5.95. The molecule has 2 aromatic rings. The maximum absolute atomic E-state index is 12.7. The minimum atomic E-state index is -0.840. The molecule has 3 heterocycles. The van der Waals surface area contributed by atoms with Crippen molar-refractivity contribution in [1.82, 2.24) is 14.4 Å². The summed E-state index contributed by atoms with van der Waals surface area (Å²) in [5.74, 6) is -0.548. The Bertz CT molecular complexity index is 859. The smallest absolute Gasteiger partial charge is 0.323 e. The van der Waals surface area contributed by atoms with E-state index >= 15 is 0 Å². The van der Waals surface area contributed by atoms with E-state index in [1.165, 1.54) is 0 Å². The lowest BCUT2D eigenvalue weighted by atomic mass is 9.78. The molecule has 4 rings (SSSR count). The lowest BCUT2D eigenvalue weighted by molar-refractivity contribution is -0.144. The number of hydrogen-bond acceptors (Lipinski definition) is 3. The highest BCUT2D eigenvalue weighted by Crippen LogP contribution is 2.40.